The van der Waals surface area contributed by atoms with Crippen molar-refractivity contribution in [3.63, 3.8) is 0 Å². The molecule has 280 valence electrons. The van der Waals surface area contributed by atoms with E-state index < -0.39 is 12.1 Å². The Morgan fingerprint density at radius 1 is 0.943 bits per heavy atom. The van der Waals surface area contributed by atoms with Gasteiger partial charge in [0, 0.05) is 62.3 Å². The number of nitrogens with one attached hydrogen (secondary N) is 2. The molecule has 1 saturated heterocycles. The molecule has 7 rings (SSSR count). The molecule has 0 radical (unpaired) electrons. The van der Waals surface area contributed by atoms with Crippen LogP contribution in [0.3, 0.4) is 0 Å². The van der Waals surface area contributed by atoms with Gasteiger partial charge in [-0.1, -0.05) is 17.7 Å². The van der Waals surface area contributed by atoms with E-state index in [1.165, 1.54) is 0 Å². The molecule has 2 aromatic carbocycles. The second kappa shape index (κ2) is 16.7. The number of hydrogen-bond acceptors (Lipinski definition) is 8. The molecule has 1 fully saturated rings. The number of methoxy groups -OCH3 is 1. The highest BCUT2D eigenvalue weighted by atomic mass is 35.5. The van der Waals surface area contributed by atoms with Gasteiger partial charge < -0.3 is 29.9 Å². The van der Waals surface area contributed by atoms with E-state index in [-0.39, 0.29) is 43.0 Å². The van der Waals surface area contributed by atoms with Gasteiger partial charge in [-0.15, -0.1) is 0 Å². The number of aryl methyl sites for hydroxylation is 4. The molecular weight excluding hydrogens is 698 g/mol. The van der Waals surface area contributed by atoms with Crippen molar-refractivity contribution >= 4 is 46.3 Å². The van der Waals surface area contributed by atoms with Gasteiger partial charge in [-0.2, -0.15) is 5.10 Å². The maximum Gasteiger partial charge on any atom is 0.255 e. The Morgan fingerprint density at radius 2 is 1.70 bits per heavy atom. The van der Waals surface area contributed by atoms with Gasteiger partial charge in [0.05, 0.1) is 30.3 Å². The van der Waals surface area contributed by atoms with Gasteiger partial charge >= 0.3 is 0 Å². The van der Waals surface area contributed by atoms with Crippen molar-refractivity contribution in [1.29, 1.82) is 0 Å². The Morgan fingerprint density at radius 3 is 2.47 bits per heavy atom. The topological polar surface area (TPSA) is 148 Å². The highest BCUT2D eigenvalue weighted by molar-refractivity contribution is 6.30. The molecule has 2 aromatic heterocycles. The van der Waals surface area contributed by atoms with Crippen LogP contribution in [0.5, 0.6) is 11.5 Å². The first-order valence-electron chi connectivity index (χ1n) is 18.1. The maximum atomic E-state index is 14.4. The first-order chi connectivity index (χ1) is 25.5. The molecule has 3 aliphatic rings. The number of pyridine rings is 1. The van der Waals surface area contributed by atoms with Gasteiger partial charge in [0.25, 0.3) is 11.8 Å². The Balaban J connectivity index is 1.25. The Labute approximate surface area is 314 Å². The number of carbonyl (C=O) groups is 4. The molecule has 4 aromatic rings. The lowest BCUT2D eigenvalue weighted by atomic mass is 10.1. The number of hydrogen-bond donors (Lipinski definition) is 2. The average molecular weight is 744 g/mol. The number of amides is 4. The minimum absolute atomic E-state index is 0.0809. The summed E-state index contributed by atoms with van der Waals surface area (Å²) in [6, 6.07) is 13.3. The van der Waals surface area contributed by atoms with E-state index in [9.17, 15) is 19.2 Å². The first-order valence-corrected chi connectivity index (χ1v) is 18.4. The fraction of sp³-hybridized carbons (Fsp3) is 0.436. The smallest absolute Gasteiger partial charge is 0.255 e. The van der Waals surface area contributed by atoms with Crippen molar-refractivity contribution in [2.24, 2.45) is 7.05 Å². The maximum absolute atomic E-state index is 14.4. The molecule has 0 saturated carbocycles. The van der Waals surface area contributed by atoms with Crippen LogP contribution in [0.4, 0.5) is 0 Å². The Bertz CT molecular complexity index is 2000. The van der Waals surface area contributed by atoms with Gasteiger partial charge in [0.15, 0.2) is 17.1 Å². The Kier molecular flexibility index (Phi) is 11.8. The lowest BCUT2D eigenvalue weighted by molar-refractivity contribution is -0.125. The van der Waals surface area contributed by atoms with E-state index in [4.69, 9.17) is 21.1 Å². The number of benzene rings is 2. The molecule has 5 heterocycles. The van der Waals surface area contributed by atoms with Gasteiger partial charge in [-0.05, 0) is 87.6 Å². The van der Waals surface area contributed by atoms with Crippen LogP contribution < -0.4 is 20.1 Å². The second-order valence-corrected chi connectivity index (χ2v) is 14.1. The largest absolute Gasteiger partial charge is 0.493 e. The summed E-state index contributed by atoms with van der Waals surface area (Å²) in [7, 11) is 3.34. The van der Waals surface area contributed by atoms with Crippen molar-refractivity contribution in [1.82, 2.24) is 35.2 Å². The summed E-state index contributed by atoms with van der Waals surface area (Å²) < 4.78 is 13.8. The molecule has 4 bridgehead atoms. The standard InChI is InChI=1S/C39H46ClN7O6/c1-24-20-30(35-25(2)44-45(3)36(35)43-24)39(51)47-23-29-22-31(47)37(49)42-16-5-6-18-46(38(50)27-10-12-28(40)13-11-27)19-7-17-41-34(48)15-9-26-8-14-32(53-29)33(21-26)52-4/h8,10-14,20-21,29,31H,5-7,9,15-19,22-23H2,1-4H3,(H,41,48)(H,42,49)/t29-,31-/m0/s1. The lowest BCUT2D eigenvalue weighted by Crippen LogP contribution is -2.46. The first kappa shape index (κ1) is 37.6. The normalized spacial score (nSPS) is 19.2. The number of fused-ring (bicyclic) bond motifs is 16. The number of carbonyl (C=O) groups excluding carboxylic acids is 4. The molecule has 2 N–H and O–H groups in total. The number of rotatable bonds is 3. The molecule has 2 atom stereocenters. The van der Waals surface area contributed by atoms with Crippen LogP contribution in [0.1, 0.15) is 69.8 Å². The summed E-state index contributed by atoms with van der Waals surface area (Å²) in [4.78, 5) is 62.5. The van der Waals surface area contributed by atoms with Gasteiger partial charge in [-0.25, -0.2) is 4.98 Å². The minimum atomic E-state index is -0.794. The summed E-state index contributed by atoms with van der Waals surface area (Å²) in [6.07, 6.45) is 2.36. The van der Waals surface area contributed by atoms with Crippen LogP contribution in [0.15, 0.2) is 48.5 Å². The van der Waals surface area contributed by atoms with E-state index in [0.29, 0.717) is 102 Å². The third-order valence-corrected chi connectivity index (χ3v) is 10.0. The predicted molar refractivity (Wildman–Crippen MR) is 200 cm³/mol. The highest BCUT2D eigenvalue weighted by Gasteiger charge is 2.42. The van der Waals surface area contributed by atoms with E-state index in [0.717, 1.165) is 5.56 Å². The summed E-state index contributed by atoms with van der Waals surface area (Å²) >= 11 is 6.06. The number of halogens is 1. The number of aromatic nitrogens is 3. The molecule has 4 amide bonds. The minimum Gasteiger partial charge on any atom is -0.493 e. The van der Waals surface area contributed by atoms with Crippen molar-refractivity contribution in [2.45, 2.75) is 64.5 Å². The van der Waals surface area contributed by atoms with Crippen LogP contribution in [0, 0.1) is 13.8 Å². The van der Waals surface area contributed by atoms with E-state index in [1.54, 1.807) is 65.0 Å². The van der Waals surface area contributed by atoms with Crippen molar-refractivity contribution in [2.75, 3.05) is 39.8 Å². The van der Waals surface area contributed by atoms with Crippen molar-refractivity contribution in [3.05, 3.63) is 81.6 Å². The quantitative estimate of drug-likeness (QED) is 0.314. The summed E-state index contributed by atoms with van der Waals surface area (Å²) in [5.74, 6) is 0.207. The zero-order chi connectivity index (χ0) is 37.6. The van der Waals surface area contributed by atoms with Crippen LogP contribution >= 0.6 is 11.6 Å². The fourth-order valence-electron chi connectivity index (χ4n) is 7.08. The molecule has 0 unspecified atom stereocenters. The SMILES string of the molecule is COc1cc2ccc1O[C@H]1C[C@@H](C(=O)NCCCCN(C(=O)c3ccc(Cl)cc3)CCCNC(=O)CC2)N(C(=O)c2cc(C)nc3c2c(C)nn3C)C1. The Hall–Kier alpha value is -5.17. The zero-order valence-corrected chi connectivity index (χ0v) is 31.4. The molecule has 3 aliphatic heterocycles. The summed E-state index contributed by atoms with van der Waals surface area (Å²) in [5, 5.41) is 11.7. The number of likely N-dealkylation sites (tertiary alicyclic amines) is 1. The molecular formula is C39H46ClN7O6. The zero-order valence-electron chi connectivity index (χ0n) is 30.6. The van der Waals surface area contributed by atoms with Gasteiger partial charge in [0.1, 0.15) is 12.1 Å². The monoisotopic (exact) mass is 743 g/mol. The third kappa shape index (κ3) is 8.73. The van der Waals surface area contributed by atoms with Crippen LogP contribution in [0.25, 0.3) is 11.0 Å². The predicted octanol–water partition coefficient (Wildman–Crippen LogP) is 4.40. The fourth-order valence-corrected chi connectivity index (χ4v) is 7.21. The molecule has 0 spiro atoms. The molecule has 0 aliphatic carbocycles. The van der Waals surface area contributed by atoms with E-state index in [1.807, 2.05) is 26.0 Å². The van der Waals surface area contributed by atoms with Crippen LogP contribution in [0.2, 0.25) is 5.02 Å². The van der Waals surface area contributed by atoms with E-state index in [2.05, 4.69) is 20.7 Å². The van der Waals surface area contributed by atoms with Crippen LogP contribution in [-0.4, -0.2) is 100 Å². The summed E-state index contributed by atoms with van der Waals surface area (Å²) in [6.45, 7) is 5.55. The molecule has 13 nitrogen and oxygen atoms in total. The van der Waals surface area contributed by atoms with Crippen molar-refractivity contribution < 1.29 is 28.7 Å². The van der Waals surface area contributed by atoms with Crippen molar-refractivity contribution in [3.8, 4) is 11.5 Å². The second-order valence-electron chi connectivity index (χ2n) is 13.7. The molecule has 53 heavy (non-hydrogen) atoms. The summed E-state index contributed by atoms with van der Waals surface area (Å²) in [5.41, 5.74) is 3.80. The lowest BCUT2D eigenvalue weighted by Gasteiger charge is -2.25. The van der Waals surface area contributed by atoms with E-state index >= 15 is 0 Å². The molecule has 14 heteroatoms. The van der Waals surface area contributed by atoms with Crippen LogP contribution in [-0.2, 0) is 23.1 Å². The number of nitrogens with zero attached hydrogens (tertiary/aromatic N) is 5. The van der Waals surface area contributed by atoms with Gasteiger partial charge in [-0.3, -0.25) is 23.9 Å². The number of ether oxygens (including phenoxy) is 2. The van der Waals surface area contributed by atoms with Gasteiger partial charge in [0.2, 0.25) is 11.8 Å². The third-order valence-electron chi connectivity index (χ3n) is 9.78. The highest BCUT2D eigenvalue weighted by Crippen LogP contribution is 2.33. The average Bonchev–Trinajstić information content (AvgIpc) is 3.70.